The van der Waals surface area contributed by atoms with Crippen molar-refractivity contribution in [2.24, 2.45) is 0 Å². The molecule has 5 heteroatoms. The number of hydrogen-bond donors (Lipinski definition) is 0. The standard InChI is InChI=1S/C15H19N3OS/c1-3-18(10-13-6-8-16-9-7-13)15(19)5-4-14-12(2)17-11-20-14/h6-9,11H,3-5,10H2,1-2H3. The Labute approximate surface area is 123 Å². The summed E-state index contributed by atoms with van der Waals surface area (Å²) >= 11 is 1.62. The van der Waals surface area contributed by atoms with E-state index in [4.69, 9.17) is 0 Å². The van der Waals surface area contributed by atoms with Crippen LogP contribution in [0.3, 0.4) is 0 Å². The third-order valence-electron chi connectivity index (χ3n) is 3.27. The second kappa shape index (κ2) is 7.14. The van der Waals surface area contributed by atoms with E-state index in [0.717, 1.165) is 24.2 Å². The van der Waals surface area contributed by atoms with Crippen LogP contribution < -0.4 is 0 Å². The molecule has 0 N–H and O–H groups in total. The first kappa shape index (κ1) is 14.7. The molecule has 2 aromatic heterocycles. The molecule has 0 saturated heterocycles. The van der Waals surface area contributed by atoms with Crippen LogP contribution in [0.4, 0.5) is 0 Å². The van der Waals surface area contributed by atoms with Crippen LogP contribution in [0, 0.1) is 6.92 Å². The number of carbonyl (C=O) groups excluding carboxylic acids is 1. The summed E-state index contributed by atoms with van der Waals surface area (Å²) in [4.78, 5) is 23.6. The average molecular weight is 289 g/mol. The Morgan fingerprint density at radius 2 is 2.10 bits per heavy atom. The minimum Gasteiger partial charge on any atom is -0.339 e. The molecule has 0 unspecified atom stereocenters. The first-order chi connectivity index (χ1) is 9.70. The molecule has 20 heavy (non-hydrogen) atoms. The molecule has 0 atom stereocenters. The zero-order chi connectivity index (χ0) is 14.4. The van der Waals surface area contributed by atoms with Gasteiger partial charge in [0.05, 0.1) is 11.2 Å². The summed E-state index contributed by atoms with van der Waals surface area (Å²) in [6.45, 7) is 5.38. The van der Waals surface area contributed by atoms with Gasteiger partial charge in [0.15, 0.2) is 0 Å². The van der Waals surface area contributed by atoms with Crippen LogP contribution in [0.2, 0.25) is 0 Å². The number of thiazole rings is 1. The van der Waals surface area contributed by atoms with Crippen molar-refractivity contribution in [2.75, 3.05) is 6.54 Å². The van der Waals surface area contributed by atoms with Crippen LogP contribution in [0.25, 0.3) is 0 Å². The molecule has 0 aliphatic carbocycles. The molecule has 0 radical (unpaired) electrons. The van der Waals surface area contributed by atoms with Crippen LogP contribution >= 0.6 is 11.3 Å². The van der Waals surface area contributed by atoms with Gasteiger partial charge in [0, 0.05) is 36.8 Å². The SMILES string of the molecule is CCN(Cc1ccncc1)C(=O)CCc1scnc1C. The topological polar surface area (TPSA) is 46.1 Å². The quantitative estimate of drug-likeness (QED) is 0.821. The van der Waals surface area contributed by atoms with E-state index in [9.17, 15) is 4.79 Å². The van der Waals surface area contributed by atoms with Crippen molar-refractivity contribution in [1.29, 1.82) is 0 Å². The van der Waals surface area contributed by atoms with Gasteiger partial charge in [-0.1, -0.05) is 0 Å². The Morgan fingerprint density at radius 1 is 1.35 bits per heavy atom. The van der Waals surface area contributed by atoms with Gasteiger partial charge in [-0.2, -0.15) is 0 Å². The summed E-state index contributed by atoms with van der Waals surface area (Å²) in [6, 6.07) is 3.90. The molecule has 2 aromatic rings. The number of aromatic nitrogens is 2. The third-order valence-corrected chi connectivity index (χ3v) is 4.26. The summed E-state index contributed by atoms with van der Waals surface area (Å²) < 4.78 is 0. The minimum atomic E-state index is 0.192. The Balaban J connectivity index is 1.91. The highest BCUT2D eigenvalue weighted by molar-refractivity contribution is 7.09. The Morgan fingerprint density at radius 3 is 2.70 bits per heavy atom. The van der Waals surface area contributed by atoms with Crippen molar-refractivity contribution in [1.82, 2.24) is 14.9 Å². The number of nitrogens with zero attached hydrogens (tertiary/aromatic N) is 3. The predicted octanol–water partition coefficient (Wildman–Crippen LogP) is 2.83. The van der Waals surface area contributed by atoms with Crippen LogP contribution in [-0.4, -0.2) is 27.3 Å². The highest BCUT2D eigenvalue weighted by Crippen LogP contribution is 2.15. The van der Waals surface area contributed by atoms with Crippen molar-refractivity contribution in [2.45, 2.75) is 33.2 Å². The number of amides is 1. The van der Waals surface area contributed by atoms with E-state index in [-0.39, 0.29) is 5.91 Å². The monoisotopic (exact) mass is 289 g/mol. The van der Waals surface area contributed by atoms with E-state index < -0.39 is 0 Å². The third kappa shape index (κ3) is 3.87. The van der Waals surface area contributed by atoms with Crippen LogP contribution in [0.15, 0.2) is 30.0 Å². The highest BCUT2D eigenvalue weighted by Gasteiger charge is 2.13. The molecule has 0 aliphatic heterocycles. The Bertz CT molecular complexity index is 553. The summed E-state index contributed by atoms with van der Waals surface area (Å²) in [5, 5.41) is 0. The highest BCUT2D eigenvalue weighted by atomic mass is 32.1. The van der Waals surface area contributed by atoms with E-state index in [1.807, 2.05) is 36.4 Å². The Hall–Kier alpha value is -1.75. The summed E-state index contributed by atoms with van der Waals surface area (Å²) in [7, 11) is 0. The number of hydrogen-bond acceptors (Lipinski definition) is 4. The molecule has 2 heterocycles. The second-order valence-corrected chi connectivity index (χ2v) is 5.56. The smallest absolute Gasteiger partial charge is 0.223 e. The second-order valence-electron chi connectivity index (χ2n) is 4.62. The van der Waals surface area contributed by atoms with Gasteiger partial charge in [0.2, 0.25) is 5.91 Å². The van der Waals surface area contributed by atoms with Crippen molar-refractivity contribution < 1.29 is 4.79 Å². The molecule has 0 saturated carbocycles. The molecular formula is C15H19N3OS. The van der Waals surface area contributed by atoms with Crippen molar-refractivity contribution in [3.8, 4) is 0 Å². The van der Waals surface area contributed by atoms with Gasteiger partial charge < -0.3 is 4.90 Å². The minimum absolute atomic E-state index is 0.192. The lowest BCUT2D eigenvalue weighted by atomic mass is 10.2. The van der Waals surface area contributed by atoms with Gasteiger partial charge in [0.1, 0.15) is 0 Å². The summed E-state index contributed by atoms with van der Waals surface area (Å²) in [5.74, 6) is 0.192. The molecule has 106 valence electrons. The van der Waals surface area contributed by atoms with Gasteiger partial charge in [-0.3, -0.25) is 9.78 Å². The van der Waals surface area contributed by atoms with Gasteiger partial charge in [-0.15, -0.1) is 11.3 Å². The summed E-state index contributed by atoms with van der Waals surface area (Å²) in [5.41, 5.74) is 3.99. The zero-order valence-electron chi connectivity index (χ0n) is 11.9. The maximum Gasteiger partial charge on any atom is 0.223 e. The number of aryl methyl sites for hydroxylation is 2. The fourth-order valence-corrected chi connectivity index (χ4v) is 2.81. The van der Waals surface area contributed by atoms with Gasteiger partial charge in [-0.25, -0.2) is 4.98 Å². The average Bonchev–Trinajstić information content (AvgIpc) is 2.88. The largest absolute Gasteiger partial charge is 0.339 e. The maximum atomic E-state index is 12.3. The van der Waals surface area contributed by atoms with E-state index in [0.29, 0.717) is 13.0 Å². The molecule has 0 aliphatic rings. The number of rotatable bonds is 6. The lowest BCUT2D eigenvalue weighted by Crippen LogP contribution is -2.30. The van der Waals surface area contributed by atoms with E-state index >= 15 is 0 Å². The van der Waals surface area contributed by atoms with Gasteiger partial charge in [0.25, 0.3) is 0 Å². The molecule has 0 fully saturated rings. The van der Waals surface area contributed by atoms with Crippen LogP contribution in [0.5, 0.6) is 0 Å². The molecule has 4 nitrogen and oxygen atoms in total. The molecule has 0 spiro atoms. The first-order valence-corrected chi connectivity index (χ1v) is 7.64. The molecule has 0 aromatic carbocycles. The lowest BCUT2D eigenvalue weighted by molar-refractivity contribution is -0.131. The van der Waals surface area contributed by atoms with E-state index in [1.165, 1.54) is 4.88 Å². The molecular weight excluding hydrogens is 270 g/mol. The van der Waals surface area contributed by atoms with Crippen molar-refractivity contribution in [3.63, 3.8) is 0 Å². The fourth-order valence-electron chi connectivity index (χ4n) is 2.03. The van der Waals surface area contributed by atoms with E-state index in [2.05, 4.69) is 9.97 Å². The zero-order valence-corrected chi connectivity index (χ0v) is 12.7. The predicted molar refractivity (Wildman–Crippen MR) is 80.5 cm³/mol. The van der Waals surface area contributed by atoms with E-state index in [1.54, 1.807) is 23.7 Å². The van der Waals surface area contributed by atoms with Crippen molar-refractivity contribution >= 4 is 17.2 Å². The molecule has 0 bridgehead atoms. The number of carbonyl (C=O) groups is 1. The van der Waals surface area contributed by atoms with Crippen molar-refractivity contribution in [3.05, 3.63) is 46.2 Å². The Kier molecular flexibility index (Phi) is 5.24. The van der Waals surface area contributed by atoms with Crippen LogP contribution in [0.1, 0.15) is 29.5 Å². The number of pyridine rings is 1. The van der Waals surface area contributed by atoms with Gasteiger partial charge >= 0.3 is 0 Å². The first-order valence-electron chi connectivity index (χ1n) is 6.76. The molecule has 1 amide bonds. The maximum absolute atomic E-state index is 12.3. The van der Waals surface area contributed by atoms with Crippen LogP contribution in [-0.2, 0) is 17.8 Å². The lowest BCUT2D eigenvalue weighted by Gasteiger charge is -2.20. The summed E-state index contributed by atoms with van der Waals surface area (Å²) in [6.07, 6.45) is 4.84. The molecule has 2 rings (SSSR count). The van der Waals surface area contributed by atoms with Gasteiger partial charge in [-0.05, 0) is 38.0 Å². The normalized spacial score (nSPS) is 10.5. The fraction of sp³-hybridized carbons (Fsp3) is 0.400.